The first-order chi connectivity index (χ1) is 7.06. The van der Waals surface area contributed by atoms with Gasteiger partial charge in [0.15, 0.2) is 0 Å². The second-order valence-corrected chi connectivity index (χ2v) is 11.8. The molecule has 15 heavy (non-hydrogen) atoms. The molecule has 3 heteroatoms. The van der Waals surface area contributed by atoms with E-state index in [4.69, 9.17) is 22.2 Å². The van der Waals surface area contributed by atoms with Crippen LogP contribution in [0.25, 0.3) is 0 Å². The summed E-state index contributed by atoms with van der Waals surface area (Å²) in [5.41, 5.74) is 2.01. The topological polar surface area (TPSA) is 0 Å². The molecule has 0 aromatic carbocycles. The van der Waals surface area contributed by atoms with Gasteiger partial charge in [0.2, 0.25) is 0 Å². The highest BCUT2D eigenvalue weighted by atomic mass is 35.7. The van der Waals surface area contributed by atoms with Crippen molar-refractivity contribution >= 4 is 28.9 Å². The number of hydrogen-bond donors (Lipinski definition) is 0. The zero-order chi connectivity index (χ0) is 11.6. The van der Waals surface area contributed by atoms with Crippen LogP contribution in [0.2, 0.25) is 6.55 Å². The second-order valence-electron chi connectivity index (χ2n) is 4.27. The van der Waals surface area contributed by atoms with Crippen LogP contribution in [0.5, 0.6) is 0 Å². The van der Waals surface area contributed by atoms with Crippen molar-refractivity contribution in [3.8, 4) is 0 Å². The smallest absolute Gasteiger partial charge is 0.141 e. The summed E-state index contributed by atoms with van der Waals surface area (Å²) in [7, 11) is 0. The molecule has 0 aliphatic rings. The first kappa shape index (κ1) is 15.5. The molecule has 0 saturated carbocycles. The van der Waals surface area contributed by atoms with E-state index >= 15 is 0 Å². The van der Waals surface area contributed by atoms with Gasteiger partial charge in [-0.15, -0.1) is 22.2 Å². The summed E-state index contributed by atoms with van der Waals surface area (Å²) in [5.74, 6) is 0. The predicted octanol–water partition coefficient (Wildman–Crippen LogP) is 5.77. The molecule has 0 spiro atoms. The minimum atomic E-state index is -1.98. The Bertz CT molecular complexity index is 161. The molecule has 0 nitrogen and oxygen atoms in total. The first-order valence-electron chi connectivity index (χ1n) is 6.12. The van der Waals surface area contributed by atoms with Gasteiger partial charge in [-0.1, -0.05) is 57.2 Å². The van der Waals surface area contributed by atoms with E-state index in [9.17, 15) is 0 Å². The molecule has 0 aromatic rings. The van der Waals surface area contributed by atoms with E-state index in [-0.39, 0.29) is 0 Å². The van der Waals surface area contributed by atoms with Crippen LogP contribution in [-0.2, 0) is 0 Å². The van der Waals surface area contributed by atoms with Crippen LogP contribution < -0.4 is 0 Å². The van der Waals surface area contributed by atoms with Crippen molar-refractivity contribution in [1.29, 1.82) is 0 Å². The minimum Gasteiger partial charge on any atom is -0.141 e. The van der Waals surface area contributed by atoms with Crippen molar-refractivity contribution in [1.82, 2.24) is 0 Å². The third-order valence-corrected chi connectivity index (χ3v) is 3.96. The maximum Gasteiger partial charge on any atom is 0.270 e. The van der Waals surface area contributed by atoms with Gasteiger partial charge in [0, 0.05) is 0 Å². The summed E-state index contributed by atoms with van der Waals surface area (Å²) in [4.78, 5) is 0. The summed E-state index contributed by atoms with van der Waals surface area (Å²) >= 11 is 11.9. The predicted molar refractivity (Wildman–Crippen MR) is 75.1 cm³/mol. The third kappa shape index (κ3) is 14.5. The fourth-order valence-electron chi connectivity index (χ4n) is 1.51. The van der Waals surface area contributed by atoms with Crippen LogP contribution in [0.15, 0.2) is 11.8 Å². The molecule has 0 rings (SSSR count). The van der Waals surface area contributed by atoms with Gasteiger partial charge >= 0.3 is 0 Å². The number of rotatable bonds is 9. The summed E-state index contributed by atoms with van der Waals surface area (Å²) in [6.45, 7) is 2.20. The van der Waals surface area contributed by atoms with Crippen molar-refractivity contribution in [2.45, 2.75) is 64.8 Å². The van der Waals surface area contributed by atoms with Crippen LogP contribution in [0.1, 0.15) is 58.3 Å². The highest BCUT2D eigenvalue weighted by Crippen LogP contribution is 2.16. The molecule has 0 bridgehead atoms. The molecule has 0 amide bonds. The van der Waals surface area contributed by atoms with E-state index in [1.165, 1.54) is 44.9 Å². The average molecular weight is 267 g/mol. The van der Waals surface area contributed by atoms with Gasteiger partial charge in [0.25, 0.3) is 6.69 Å². The number of halogens is 2. The largest absolute Gasteiger partial charge is 0.270 e. The fraction of sp³-hybridized carbons (Fsp3) is 0.833. The van der Waals surface area contributed by atoms with Gasteiger partial charge in [-0.3, -0.25) is 0 Å². The van der Waals surface area contributed by atoms with E-state index in [1.807, 2.05) is 12.2 Å². The van der Waals surface area contributed by atoms with E-state index < -0.39 is 6.69 Å². The SMILES string of the molecule is CCCCCCCCC/C=C/[Si](C)(Cl)Cl. The highest BCUT2D eigenvalue weighted by molar-refractivity contribution is 7.47. The lowest BCUT2D eigenvalue weighted by molar-refractivity contribution is 0.592. The van der Waals surface area contributed by atoms with E-state index in [2.05, 4.69) is 13.0 Å². The summed E-state index contributed by atoms with van der Waals surface area (Å²) in [6.07, 6.45) is 12.8. The normalized spacial score (nSPS) is 12.5. The van der Waals surface area contributed by atoms with Gasteiger partial charge < -0.3 is 0 Å². The van der Waals surface area contributed by atoms with E-state index in [1.54, 1.807) is 0 Å². The Hall–Kier alpha value is 0.537. The summed E-state index contributed by atoms with van der Waals surface area (Å²) < 4.78 is 0. The molecule has 0 aliphatic heterocycles. The Morgan fingerprint density at radius 1 is 0.933 bits per heavy atom. The number of hydrogen-bond acceptors (Lipinski definition) is 0. The lowest BCUT2D eigenvalue weighted by Gasteiger charge is -2.02. The molecule has 0 heterocycles. The zero-order valence-electron chi connectivity index (χ0n) is 10.1. The summed E-state index contributed by atoms with van der Waals surface area (Å²) in [5, 5.41) is 0. The van der Waals surface area contributed by atoms with Gasteiger partial charge in [0.1, 0.15) is 0 Å². The molecule has 0 N–H and O–H groups in total. The van der Waals surface area contributed by atoms with Crippen molar-refractivity contribution in [2.24, 2.45) is 0 Å². The Morgan fingerprint density at radius 3 is 2.00 bits per heavy atom. The van der Waals surface area contributed by atoms with Gasteiger partial charge in [-0.05, 0) is 19.4 Å². The molecular formula is C12H24Cl2Si. The van der Waals surface area contributed by atoms with Crippen LogP contribution in [0, 0.1) is 0 Å². The van der Waals surface area contributed by atoms with Crippen molar-refractivity contribution in [3.63, 3.8) is 0 Å². The Labute approximate surface area is 105 Å². The van der Waals surface area contributed by atoms with Gasteiger partial charge in [-0.25, -0.2) is 0 Å². The molecule has 0 aliphatic carbocycles. The molecule has 0 unspecified atom stereocenters. The molecule has 0 saturated heterocycles. The third-order valence-electron chi connectivity index (χ3n) is 2.38. The van der Waals surface area contributed by atoms with Crippen molar-refractivity contribution < 1.29 is 0 Å². The van der Waals surface area contributed by atoms with E-state index in [0.29, 0.717) is 0 Å². The number of allylic oxidation sites excluding steroid dienone is 1. The van der Waals surface area contributed by atoms with Crippen LogP contribution >= 0.6 is 22.2 Å². The minimum absolute atomic E-state index is 1.13. The lowest BCUT2D eigenvalue weighted by atomic mass is 10.1. The van der Waals surface area contributed by atoms with Gasteiger partial charge in [0.05, 0.1) is 0 Å². The maximum atomic E-state index is 5.95. The molecule has 0 atom stereocenters. The summed E-state index contributed by atoms with van der Waals surface area (Å²) in [6, 6.07) is 0. The lowest BCUT2D eigenvalue weighted by Crippen LogP contribution is -2.07. The van der Waals surface area contributed by atoms with Gasteiger partial charge in [-0.2, -0.15) is 0 Å². The number of unbranched alkanes of at least 4 members (excludes halogenated alkanes) is 7. The Morgan fingerprint density at radius 2 is 1.47 bits per heavy atom. The Balaban J connectivity index is 3.15. The molecular weight excluding hydrogens is 243 g/mol. The van der Waals surface area contributed by atoms with Crippen LogP contribution in [0.4, 0.5) is 0 Å². The maximum absolute atomic E-state index is 5.95. The Kier molecular flexibility index (Phi) is 10.1. The molecule has 0 fully saturated rings. The quantitative estimate of drug-likeness (QED) is 0.282. The molecule has 0 aromatic heterocycles. The second kappa shape index (κ2) is 9.74. The average Bonchev–Trinajstić information content (AvgIpc) is 2.14. The van der Waals surface area contributed by atoms with Crippen LogP contribution in [0.3, 0.4) is 0 Å². The highest BCUT2D eigenvalue weighted by Gasteiger charge is 2.14. The van der Waals surface area contributed by atoms with Crippen molar-refractivity contribution in [3.05, 3.63) is 11.8 Å². The molecule has 90 valence electrons. The van der Waals surface area contributed by atoms with E-state index in [0.717, 1.165) is 6.42 Å². The zero-order valence-corrected chi connectivity index (χ0v) is 12.6. The van der Waals surface area contributed by atoms with Crippen LogP contribution in [-0.4, -0.2) is 6.69 Å². The monoisotopic (exact) mass is 266 g/mol. The first-order valence-corrected chi connectivity index (χ1v) is 10.7. The fourth-order valence-corrected chi connectivity index (χ4v) is 2.62. The molecule has 0 radical (unpaired) electrons. The van der Waals surface area contributed by atoms with Crippen molar-refractivity contribution in [2.75, 3.05) is 0 Å². The standard InChI is InChI=1S/C12H24Cl2Si/c1-3-4-5-6-7-8-9-10-11-12-15(2,13)14/h11-12H,3-10H2,1-2H3/b12-11+.